The summed E-state index contributed by atoms with van der Waals surface area (Å²) in [5.41, 5.74) is 7.18. The molecule has 21 heavy (non-hydrogen) atoms. The molecule has 2 N–H and O–H groups in total. The van der Waals surface area contributed by atoms with Gasteiger partial charge in [0.1, 0.15) is 0 Å². The lowest BCUT2D eigenvalue weighted by Crippen LogP contribution is -2.47. The Hall–Kier alpha value is -1.40. The van der Waals surface area contributed by atoms with Crippen LogP contribution in [0.1, 0.15) is 35.3 Å². The Morgan fingerprint density at radius 3 is 3.00 bits per heavy atom. The first-order valence-corrected chi connectivity index (χ1v) is 7.72. The van der Waals surface area contributed by atoms with Gasteiger partial charge < -0.3 is 15.5 Å². The molecule has 118 valence electrons. The zero-order valence-corrected chi connectivity index (χ0v) is 13.4. The molecule has 1 unspecified atom stereocenters. The number of aryl methyl sites for hydroxylation is 1. The molecule has 6 heteroatoms. The molecule has 2 rings (SSSR count). The highest BCUT2D eigenvalue weighted by Gasteiger charge is 2.27. The number of amides is 1. The fourth-order valence-electron chi connectivity index (χ4n) is 2.93. The maximum Gasteiger partial charge on any atom is 0.257 e. The van der Waals surface area contributed by atoms with Crippen molar-refractivity contribution in [2.75, 3.05) is 33.7 Å². The largest absolute Gasteiger partial charge is 0.337 e. The first-order chi connectivity index (χ1) is 10.0. The molecule has 0 aromatic carbocycles. The number of nitrogens with two attached hydrogens (primary N) is 1. The van der Waals surface area contributed by atoms with Crippen LogP contribution in [0.25, 0.3) is 0 Å². The van der Waals surface area contributed by atoms with Gasteiger partial charge in [0.15, 0.2) is 0 Å². The third-order valence-corrected chi connectivity index (χ3v) is 4.38. The molecular formula is C15H27N5O. The highest BCUT2D eigenvalue weighted by molar-refractivity contribution is 5.95. The van der Waals surface area contributed by atoms with E-state index in [0.717, 1.165) is 44.6 Å². The van der Waals surface area contributed by atoms with Crippen molar-refractivity contribution in [2.24, 2.45) is 5.73 Å². The molecule has 1 saturated heterocycles. The summed E-state index contributed by atoms with van der Waals surface area (Å²) in [6.45, 7) is 5.43. The van der Waals surface area contributed by atoms with Crippen LogP contribution >= 0.6 is 0 Å². The Balaban J connectivity index is 2.06. The zero-order valence-electron chi connectivity index (χ0n) is 13.4. The first-order valence-electron chi connectivity index (χ1n) is 7.72. The van der Waals surface area contributed by atoms with Crippen LogP contribution in [0.5, 0.6) is 0 Å². The lowest BCUT2D eigenvalue weighted by molar-refractivity contribution is 0.0643. The number of piperidine rings is 1. The Labute approximate surface area is 126 Å². The zero-order chi connectivity index (χ0) is 15.4. The first kappa shape index (κ1) is 16.0. The van der Waals surface area contributed by atoms with Gasteiger partial charge in [0, 0.05) is 31.9 Å². The number of carbonyl (C=O) groups is 1. The molecule has 1 aromatic rings. The van der Waals surface area contributed by atoms with Gasteiger partial charge in [0.25, 0.3) is 5.91 Å². The van der Waals surface area contributed by atoms with Crippen molar-refractivity contribution in [3.8, 4) is 0 Å². The molecule has 0 saturated carbocycles. The van der Waals surface area contributed by atoms with Crippen LogP contribution in [0.15, 0.2) is 6.20 Å². The van der Waals surface area contributed by atoms with Gasteiger partial charge in [-0.15, -0.1) is 0 Å². The maximum atomic E-state index is 12.7. The van der Waals surface area contributed by atoms with Crippen molar-refractivity contribution in [3.63, 3.8) is 0 Å². The number of likely N-dealkylation sites (tertiary alicyclic amines) is 1. The number of carbonyl (C=O) groups excluding carboxylic acids is 1. The smallest absolute Gasteiger partial charge is 0.257 e. The topological polar surface area (TPSA) is 67.4 Å². The van der Waals surface area contributed by atoms with Gasteiger partial charge in [-0.2, -0.15) is 5.10 Å². The molecule has 1 aromatic heterocycles. The van der Waals surface area contributed by atoms with Gasteiger partial charge in [-0.3, -0.25) is 9.48 Å². The maximum absolute atomic E-state index is 12.7. The number of hydrogen-bond donors (Lipinski definition) is 1. The fraction of sp³-hybridized carbons (Fsp3) is 0.733. The average Bonchev–Trinajstić information content (AvgIpc) is 2.84. The quantitative estimate of drug-likeness (QED) is 0.868. The van der Waals surface area contributed by atoms with Gasteiger partial charge in [-0.05, 0) is 46.3 Å². The fourth-order valence-corrected chi connectivity index (χ4v) is 2.93. The van der Waals surface area contributed by atoms with E-state index in [1.54, 1.807) is 6.20 Å². The summed E-state index contributed by atoms with van der Waals surface area (Å²) >= 11 is 0. The monoisotopic (exact) mass is 293 g/mol. The van der Waals surface area contributed by atoms with Gasteiger partial charge in [0.05, 0.1) is 11.8 Å². The summed E-state index contributed by atoms with van der Waals surface area (Å²) in [6, 6.07) is 0.294. The van der Waals surface area contributed by atoms with Gasteiger partial charge in [-0.1, -0.05) is 0 Å². The second kappa shape index (κ2) is 7.04. The van der Waals surface area contributed by atoms with Crippen LogP contribution in [0.3, 0.4) is 0 Å². The van der Waals surface area contributed by atoms with E-state index in [1.807, 2.05) is 23.6 Å². The molecule has 1 fully saturated rings. The van der Waals surface area contributed by atoms with E-state index in [4.69, 9.17) is 5.73 Å². The second-order valence-corrected chi connectivity index (χ2v) is 5.98. The third kappa shape index (κ3) is 3.63. The summed E-state index contributed by atoms with van der Waals surface area (Å²) in [7, 11) is 4.02. The van der Waals surface area contributed by atoms with Crippen molar-refractivity contribution in [1.82, 2.24) is 19.6 Å². The number of nitrogens with zero attached hydrogens (tertiary/aromatic N) is 4. The molecule has 0 spiro atoms. The molecule has 1 aliphatic rings. The van der Waals surface area contributed by atoms with E-state index in [9.17, 15) is 4.79 Å². The molecule has 0 aliphatic carbocycles. The van der Waals surface area contributed by atoms with Crippen LogP contribution in [0.4, 0.5) is 0 Å². The van der Waals surface area contributed by atoms with Crippen LogP contribution in [0.2, 0.25) is 0 Å². The lowest BCUT2D eigenvalue weighted by Gasteiger charge is -2.35. The summed E-state index contributed by atoms with van der Waals surface area (Å²) < 4.78 is 1.88. The summed E-state index contributed by atoms with van der Waals surface area (Å²) in [4.78, 5) is 16.9. The van der Waals surface area contributed by atoms with Crippen LogP contribution in [-0.4, -0.2) is 65.3 Å². The van der Waals surface area contributed by atoms with E-state index < -0.39 is 0 Å². The normalized spacial score (nSPS) is 19.7. The number of rotatable bonds is 5. The van der Waals surface area contributed by atoms with Crippen molar-refractivity contribution < 1.29 is 4.79 Å². The molecule has 2 heterocycles. The molecule has 1 atom stereocenters. The number of likely N-dealkylation sites (N-methyl/N-ethyl adjacent to an activating group) is 2. The van der Waals surface area contributed by atoms with Gasteiger partial charge in [0.2, 0.25) is 0 Å². The van der Waals surface area contributed by atoms with E-state index >= 15 is 0 Å². The molecule has 6 nitrogen and oxygen atoms in total. The van der Waals surface area contributed by atoms with E-state index in [2.05, 4.69) is 17.0 Å². The minimum Gasteiger partial charge on any atom is -0.337 e. The SMILES string of the molecule is Cc1c(C(=O)N(C)C2CCCN(C)C2)cnn1CCCN. The standard InChI is InChI=1S/C15H27N5O/c1-12-14(10-17-20(12)9-5-7-16)15(21)19(3)13-6-4-8-18(2)11-13/h10,13H,4-9,11,16H2,1-3H3. The summed E-state index contributed by atoms with van der Waals surface area (Å²) in [5, 5.41) is 4.32. The van der Waals surface area contributed by atoms with Crippen molar-refractivity contribution in [3.05, 3.63) is 17.5 Å². The molecule has 0 radical (unpaired) electrons. The number of hydrogen-bond acceptors (Lipinski definition) is 4. The minimum absolute atomic E-state index is 0.0757. The minimum atomic E-state index is 0.0757. The Kier molecular flexibility index (Phi) is 5.36. The summed E-state index contributed by atoms with van der Waals surface area (Å²) in [6.07, 6.45) is 4.79. The van der Waals surface area contributed by atoms with Crippen molar-refractivity contribution in [1.29, 1.82) is 0 Å². The molecule has 0 bridgehead atoms. The Bertz CT molecular complexity index is 484. The number of aromatic nitrogens is 2. The highest BCUT2D eigenvalue weighted by Crippen LogP contribution is 2.17. The van der Waals surface area contributed by atoms with Crippen LogP contribution in [-0.2, 0) is 6.54 Å². The van der Waals surface area contributed by atoms with E-state index in [1.165, 1.54) is 0 Å². The van der Waals surface area contributed by atoms with E-state index in [-0.39, 0.29) is 5.91 Å². The van der Waals surface area contributed by atoms with Crippen LogP contribution < -0.4 is 5.73 Å². The van der Waals surface area contributed by atoms with E-state index in [0.29, 0.717) is 18.2 Å². The highest BCUT2D eigenvalue weighted by atomic mass is 16.2. The Morgan fingerprint density at radius 1 is 1.57 bits per heavy atom. The molecule has 1 amide bonds. The van der Waals surface area contributed by atoms with Gasteiger partial charge in [-0.25, -0.2) is 0 Å². The lowest BCUT2D eigenvalue weighted by atomic mass is 10.0. The Morgan fingerprint density at radius 2 is 2.33 bits per heavy atom. The average molecular weight is 293 g/mol. The van der Waals surface area contributed by atoms with Crippen molar-refractivity contribution in [2.45, 2.75) is 38.8 Å². The predicted molar refractivity (Wildman–Crippen MR) is 83.2 cm³/mol. The molecule has 1 aliphatic heterocycles. The predicted octanol–water partition coefficient (Wildman–Crippen LogP) is 0.707. The molecular weight excluding hydrogens is 266 g/mol. The van der Waals surface area contributed by atoms with Crippen LogP contribution in [0, 0.1) is 6.92 Å². The summed E-state index contributed by atoms with van der Waals surface area (Å²) in [5.74, 6) is 0.0757. The second-order valence-electron chi connectivity index (χ2n) is 5.98. The van der Waals surface area contributed by atoms with Crippen molar-refractivity contribution >= 4 is 5.91 Å². The third-order valence-electron chi connectivity index (χ3n) is 4.38. The van der Waals surface area contributed by atoms with Gasteiger partial charge >= 0.3 is 0 Å².